The Bertz CT molecular complexity index is 281. The Kier molecular flexibility index (Phi) is 2.55. The molecule has 12 heavy (non-hydrogen) atoms. The zero-order chi connectivity index (χ0) is 9.14. The predicted molar refractivity (Wildman–Crippen MR) is 45.3 cm³/mol. The molecule has 0 aliphatic carbocycles. The highest BCUT2D eigenvalue weighted by Crippen LogP contribution is 2.32. The maximum atomic E-state index is 9.47. The zero-order valence-electron chi connectivity index (χ0n) is 7.16. The topological polar surface area (TPSA) is 49.7 Å². The van der Waals surface area contributed by atoms with Gasteiger partial charge in [-0.1, -0.05) is 12.1 Å². The van der Waals surface area contributed by atoms with E-state index in [1.54, 1.807) is 19.1 Å². The Morgan fingerprint density at radius 2 is 2.08 bits per heavy atom. The average Bonchev–Trinajstić information content (AvgIpc) is 2.09. The van der Waals surface area contributed by atoms with Gasteiger partial charge in [-0.2, -0.15) is 0 Å². The first kappa shape index (κ1) is 8.87. The van der Waals surface area contributed by atoms with Gasteiger partial charge in [0.15, 0.2) is 11.5 Å². The molecule has 0 bridgehead atoms. The van der Waals surface area contributed by atoms with Crippen molar-refractivity contribution in [2.24, 2.45) is 0 Å². The van der Waals surface area contributed by atoms with Gasteiger partial charge in [-0.15, -0.1) is 0 Å². The fourth-order valence-corrected chi connectivity index (χ4v) is 1.06. The molecule has 0 saturated carbocycles. The molecule has 0 heterocycles. The van der Waals surface area contributed by atoms with Gasteiger partial charge in [0.2, 0.25) is 0 Å². The summed E-state index contributed by atoms with van der Waals surface area (Å²) in [5.74, 6) is 0.460. The van der Waals surface area contributed by atoms with E-state index in [9.17, 15) is 5.11 Å². The molecule has 3 nitrogen and oxygen atoms in total. The normalized spacial score (nSPS) is 9.92. The molecule has 0 aromatic heterocycles. The maximum Gasteiger partial charge on any atom is 0.166 e. The van der Waals surface area contributed by atoms with Crippen molar-refractivity contribution in [1.82, 2.24) is 0 Å². The number of aryl methyl sites for hydroxylation is 1. The van der Waals surface area contributed by atoms with Gasteiger partial charge in [0, 0.05) is 5.56 Å². The third-order valence-electron chi connectivity index (χ3n) is 1.79. The molecule has 66 valence electrons. The van der Waals surface area contributed by atoms with Gasteiger partial charge in [-0.25, -0.2) is 0 Å². The third kappa shape index (κ3) is 1.36. The highest BCUT2D eigenvalue weighted by molar-refractivity contribution is 5.50. The van der Waals surface area contributed by atoms with Crippen molar-refractivity contribution in [3.63, 3.8) is 0 Å². The molecule has 0 aliphatic rings. The highest BCUT2D eigenvalue weighted by Gasteiger charge is 2.09. The Hall–Kier alpha value is -1.22. The van der Waals surface area contributed by atoms with Crippen LogP contribution in [-0.2, 0) is 6.61 Å². The van der Waals surface area contributed by atoms with E-state index in [1.165, 1.54) is 7.11 Å². The fourth-order valence-electron chi connectivity index (χ4n) is 1.06. The van der Waals surface area contributed by atoms with Gasteiger partial charge in [0.05, 0.1) is 13.7 Å². The van der Waals surface area contributed by atoms with Crippen LogP contribution in [0.2, 0.25) is 0 Å². The number of hydrogen-bond acceptors (Lipinski definition) is 3. The number of aliphatic hydroxyl groups is 1. The van der Waals surface area contributed by atoms with Crippen LogP contribution in [0.25, 0.3) is 0 Å². The molecule has 0 aliphatic heterocycles. The van der Waals surface area contributed by atoms with Crippen molar-refractivity contribution < 1.29 is 14.9 Å². The summed E-state index contributed by atoms with van der Waals surface area (Å²) in [7, 11) is 1.47. The molecule has 2 N–H and O–H groups in total. The zero-order valence-corrected chi connectivity index (χ0v) is 7.16. The number of methoxy groups -OCH3 is 1. The van der Waals surface area contributed by atoms with Crippen LogP contribution < -0.4 is 4.74 Å². The van der Waals surface area contributed by atoms with Crippen LogP contribution in [0.4, 0.5) is 0 Å². The number of rotatable bonds is 2. The molecular weight excluding hydrogens is 156 g/mol. The smallest absolute Gasteiger partial charge is 0.166 e. The number of benzene rings is 1. The first-order valence-corrected chi connectivity index (χ1v) is 3.67. The molecule has 1 aromatic carbocycles. The maximum absolute atomic E-state index is 9.47. The van der Waals surface area contributed by atoms with E-state index >= 15 is 0 Å². The van der Waals surface area contributed by atoms with Crippen molar-refractivity contribution in [3.05, 3.63) is 23.3 Å². The van der Waals surface area contributed by atoms with Crippen LogP contribution in [0.15, 0.2) is 12.1 Å². The number of ether oxygens (including phenoxy) is 1. The second-order valence-electron chi connectivity index (χ2n) is 2.58. The van der Waals surface area contributed by atoms with Gasteiger partial charge in [-0.05, 0) is 12.5 Å². The van der Waals surface area contributed by atoms with Gasteiger partial charge < -0.3 is 14.9 Å². The van der Waals surface area contributed by atoms with Crippen LogP contribution in [0, 0.1) is 6.92 Å². The summed E-state index contributed by atoms with van der Waals surface area (Å²) in [6, 6.07) is 3.47. The Morgan fingerprint density at radius 1 is 1.42 bits per heavy atom. The van der Waals surface area contributed by atoms with Crippen LogP contribution in [0.3, 0.4) is 0 Å². The summed E-state index contributed by atoms with van der Waals surface area (Å²) in [4.78, 5) is 0. The van der Waals surface area contributed by atoms with E-state index in [2.05, 4.69) is 0 Å². The molecule has 0 saturated heterocycles. The lowest BCUT2D eigenvalue weighted by molar-refractivity contribution is 0.270. The molecule has 1 aromatic rings. The second-order valence-corrected chi connectivity index (χ2v) is 2.58. The lowest BCUT2D eigenvalue weighted by atomic mass is 10.1. The lowest BCUT2D eigenvalue weighted by Crippen LogP contribution is -1.93. The van der Waals surface area contributed by atoms with Crippen LogP contribution in [0.5, 0.6) is 11.5 Å². The van der Waals surface area contributed by atoms with Crippen molar-refractivity contribution in [2.45, 2.75) is 13.5 Å². The summed E-state index contributed by atoms with van der Waals surface area (Å²) >= 11 is 0. The number of aromatic hydroxyl groups is 1. The molecule has 0 amide bonds. The van der Waals surface area contributed by atoms with Crippen molar-refractivity contribution in [1.29, 1.82) is 0 Å². The quantitative estimate of drug-likeness (QED) is 0.697. The summed E-state index contributed by atoms with van der Waals surface area (Å²) in [6.45, 7) is 1.65. The van der Waals surface area contributed by atoms with Crippen LogP contribution in [-0.4, -0.2) is 17.3 Å². The molecule has 3 heteroatoms. The predicted octanol–water partition coefficient (Wildman–Crippen LogP) is 1.20. The largest absolute Gasteiger partial charge is 0.504 e. The van der Waals surface area contributed by atoms with Crippen molar-refractivity contribution >= 4 is 0 Å². The number of phenols is 1. The van der Waals surface area contributed by atoms with E-state index in [4.69, 9.17) is 9.84 Å². The molecule has 0 spiro atoms. The van der Waals surface area contributed by atoms with Gasteiger partial charge in [0.1, 0.15) is 0 Å². The van der Waals surface area contributed by atoms with Gasteiger partial charge in [0.25, 0.3) is 0 Å². The number of hydrogen-bond donors (Lipinski definition) is 2. The second kappa shape index (κ2) is 3.45. The monoisotopic (exact) mass is 168 g/mol. The van der Waals surface area contributed by atoms with E-state index < -0.39 is 0 Å². The molecule has 0 atom stereocenters. The van der Waals surface area contributed by atoms with E-state index in [0.29, 0.717) is 11.3 Å². The molecule has 0 radical (unpaired) electrons. The van der Waals surface area contributed by atoms with Crippen LogP contribution >= 0.6 is 0 Å². The minimum Gasteiger partial charge on any atom is -0.504 e. The Morgan fingerprint density at radius 3 is 2.58 bits per heavy atom. The Labute approximate surface area is 71.2 Å². The van der Waals surface area contributed by atoms with E-state index in [1.807, 2.05) is 0 Å². The third-order valence-corrected chi connectivity index (χ3v) is 1.79. The first-order valence-electron chi connectivity index (χ1n) is 3.67. The highest BCUT2D eigenvalue weighted by atomic mass is 16.5. The summed E-state index contributed by atoms with van der Waals surface area (Å²) < 4.78 is 4.94. The average molecular weight is 168 g/mol. The summed E-state index contributed by atoms with van der Waals surface area (Å²) in [5.41, 5.74) is 1.34. The summed E-state index contributed by atoms with van der Waals surface area (Å²) in [5, 5.41) is 18.3. The minimum atomic E-state index is -0.128. The molecular formula is C9H12O3. The molecule has 0 unspecified atom stereocenters. The van der Waals surface area contributed by atoms with E-state index in [-0.39, 0.29) is 12.4 Å². The molecule has 1 rings (SSSR count). The van der Waals surface area contributed by atoms with Gasteiger partial charge in [-0.3, -0.25) is 0 Å². The SMILES string of the molecule is COc1c(CO)ccc(C)c1O. The van der Waals surface area contributed by atoms with Crippen molar-refractivity contribution in [2.75, 3.05) is 7.11 Å². The minimum absolute atomic E-state index is 0.101. The standard InChI is InChI=1S/C9H12O3/c1-6-3-4-7(5-10)9(12-2)8(6)11/h3-4,10-11H,5H2,1-2H3. The number of aliphatic hydroxyl groups excluding tert-OH is 1. The van der Waals surface area contributed by atoms with Crippen LogP contribution in [0.1, 0.15) is 11.1 Å². The first-order chi connectivity index (χ1) is 5.70. The summed E-state index contributed by atoms with van der Waals surface area (Å²) in [6.07, 6.45) is 0. The van der Waals surface area contributed by atoms with E-state index in [0.717, 1.165) is 5.56 Å². The fraction of sp³-hybridized carbons (Fsp3) is 0.333. The van der Waals surface area contributed by atoms with Gasteiger partial charge >= 0.3 is 0 Å². The molecule has 0 fully saturated rings. The Balaban J connectivity index is 3.25. The lowest BCUT2D eigenvalue weighted by Gasteiger charge is -2.09. The number of phenolic OH excluding ortho intramolecular Hbond substituents is 1. The van der Waals surface area contributed by atoms with Crippen molar-refractivity contribution in [3.8, 4) is 11.5 Å².